The second-order valence-electron chi connectivity index (χ2n) is 4.24. The van der Waals surface area contributed by atoms with Crippen LogP contribution in [-0.2, 0) is 11.3 Å². The summed E-state index contributed by atoms with van der Waals surface area (Å²) in [5.74, 6) is 1.92. The summed E-state index contributed by atoms with van der Waals surface area (Å²) in [6.07, 6.45) is 0. The lowest BCUT2D eigenvalue weighted by atomic mass is 9.97. The van der Waals surface area contributed by atoms with Gasteiger partial charge in [0.15, 0.2) is 11.5 Å². The van der Waals surface area contributed by atoms with E-state index in [1.54, 1.807) is 7.11 Å². The quantitative estimate of drug-likeness (QED) is 0.865. The van der Waals surface area contributed by atoms with Crippen molar-refractivity contribution in [3.05, 3.63) is 23.3 Å². The summed E-state index contributed by atoms with van der Waals surface area (Å²) in [5, 5.41) is 0. The third-order valence-electron chi connectivity index (χ3n) is 2.98. The number of nitrogens with two attached hydrogens (primary N) is 1. The van der Waals surface area contributed by atoms with Gasteiger partial charge in [-0.25, -0.2) is 0 Å². The Balaban J connectivity index is 2.43. The second-order valence-corrected chi connectivity index (χ2v) is 4.24. The van der Waals surface area contributed by atoms with Gasteiger partial charge in [0.1, 0.15) is 13.2 Å². The molecule has 94 valence electrons. The molecule has 0 radical (unpaired) electrons. The molecule has 1 heterocycles. The molecule has 1 atom stereocenters. The number of ether oxygens (including phenoxy) is 3. The lowest BCUT2D eigenvalue weighted by Crippen LogP contribution is -2.20. The molecule has 1 aliphatic heterocycles. The zero-order valence-corrected chi connectivity index (χ0v) is 10.4. The van der Waals surface area contributed by atoms with Crippen molar-refractivity contribution in [2.75, 3.05) is 26.9 Å². The van der Waals surface area contributed by atoms with Gasteiger partial charge in [0.2, 0.25) is 0 Å². The van der Waals surface area contributed by atoms with Crippen molar-refractivity contribution < 1.29 is 14.2 Å². The van der Waals surface area contributed by atoms with E-state index >= 15 is 0 Å². The summed E-state index contributed by atoms with van der Waals surface area (Å²) in [5.41, 5.74) is 7.85. The van der Waals surface area contributed by atoms with Crippen LogP contribution in [0.3, 0.4) is 0 Å². The zero-order valence-electron chi connectivity index (χ0n) is 10.4. The molecule has 4 heteroatoms. The van der Waals surface area contributed by atoms with Gasteiger partial charge in [-0.1, -0.05) is 19.1 Å². The molecule has 0 spiro atoms. The monoisotopic (exact) mass is 237 g/mol. The average Bonchev–Trinajstić information content (AvgIpc) is 2.38. The Morgan fingerprint density at radius 2 is 2.00 bits per heavy atom. The Morgan fingerprint density at radius 3 is 2.65 bits per heavy atom. The van der Waals surface area contributed by atoms with E-state index in [4.69, 9.17) is 19.9 Å². The van der Waals surface area contributed by atoms with E-state index in [9.17, 15) is 0 Å². The molecule has 0 aliphatic carbocycles. The molecule has 1 unspecified atom stereocenters. The van der Waals surface area contributed by atoms with Gasteiger partial charge >= 0.3 is 0 Å². The average molecular weight is 237 g/mol. The van der Waals surface area contributed by atoms with E-state index in [0.29, 0.717) is 26.4 Å². The first kappa shape index (κ1) is 12.2. The van der Waals surface area contributed by atoms with Crippen LogP contribution in [0.2, 0.25) is 0 Å². The molecular formula is C13H19NO3. The van der Waals surface area contributed by atoms with E-state index in [1.807, 2.05) is 6.07 Å². The smallest absolute Gasteiger partial charge is 0.167 e. The van der Waals surface area contributed by atoms with Crippen molar-refractivity contribution >= 4 is 0 Å². The number of fused-ring (bicyclic) bond motifs is 1. The molecular weight excluding hydrogens is 218 g/mol. The Morgan fingerprint density at radius 1 is 1.29 bits per heavy atom. The van der Waals surface area contributed by atoms with Gasteiger partial charge < -0.3 is 19.9 Å². The molecule has 2 rings (SSSR count). The van der Waals surface area contributed by atoms with Gasteiger partial charge in [-0.05, 0) is 12.5 Å². The van der Waals surface area contributed by atoms with Gasteiger partial charge in [-0.2, -0.15) is 0 Å². The molecule has 0 amide bonds. The normalized spacial score (nSPS) is 15.7. The van der Waals surface area contributed by atoms with Crippen molar-refractivity contribution in [1.29, 1.82) is 0 Å². The molecule has 1 aliphatic rings. The molecule has 0 saturated heterocycles. The van der Waals surface area contributed by atoms with E-state index in [2.05, 4.69) is 13.0 Å². The highest BCUT2D eigenvalue weighted by Crippen LogP contribution is 2.40. The van der Waals surface area contributed by atoms with Crippen LogP contribution in [0.5, 0.6) is 11.5 Å². The van der Waals surface area contributed by atoms with Gasteiger partial charge in [-0.15, -0.1) is 0 Å². The Labute approximate surface area is 102 Å². The summed E-state index contributed by atoms with van der Waals surface area (Å²) >= 11 is 0. The van der Waals surface area contributed by atoms with Crippen molar-refractivity contribution in [3.8, 4) is 11.5 Å². The maximum absolute atomic E-state index is 5.73. The second kappa shape index (κ2) is 5.38. The first-order valence-corrected chi connectivity index (χ1v) is 5.88. The van der Waals surface area contributed by atoms with Gasteiger partial charge in [-0.3, -0.25) is 0 Å². The highest BCUT2D eigenvalue weighted by Gasteiger charge is 2.22. The summed E-state index contributed by atoms with van der Waals surface area (Å²) in [6.45, 7) is 4.39. The topological polar surface area (TPSA) is 53.7 Å². The van der Waals surface area contributed by atoms with Crippen LogP contribution < -0.4 is 15.2 Å². The van der Waals surface area contributed by atoms with E-state index in [-0.39, 0.29) is 5.92 Å². The number of methoxy groups -OCH3 is 1. The van der Waals surface area contributed by atoms with Crippen LogP contribution >= 0.6 is 0 Å². The molecule has 0 saturated carbocycles. The number of benzene rings is 1. The highest BCUT2D eigenvalue weighted by atomic mass is 16.6. The number of hydrogen-bond donors (Lipinski definition) is 1. The Bertz CT molecular complexity index is 392. The molecule has 0 aromatic heterocycles. The number of hydrogen-bond acceptors (Lipinski definition) is 4. The number of rotatable bonds is 4. The zero-order chi connectivity index (χ0) is 12.3. The Hall–Kier alpha value is -1.26. The van der Waals surface area contributed by atoms with Gasteiger partial charge in [0, 0.05) is 18.2 Å². The largest absolute Gasteiger partial charge is 0.486 e. The van der Waals surface area contributed by atoms with Gasteiger partial charge in [0.25, 0.3) is 0 Å². The first-order chi connectivity index (χ1) is 8.27. The van der Waals surface area contributed by atoms with Crippen molar-refractivity contribution in [2.24, 2.45) is 5.73 Å². The van der Waals surface area contributed by atoms with Crippen LogP contribution in [0.15, 0.2) is 12.1 Å². The van der Waals surface area contributed by atoms with Crippen LogP contribution in [0.4, 0.5) is 0 Å². The SMILES string of the molecule is COCc1ccc(C(C)CN)c2c1OCCO2. The molecule has 17 heavy (non-hydrogen) atoms. The van der Waals surface area contributed by atoms with Crippen molar-refractivity contribution in [2.45, 2.75) is 19.4 Å². The summed E-state index contributed by atoms with van der Waals surface area (Å²) < 4.78 is 16.6. The van der Waals surface area contributed by atoms with Crippen LogP contribution in [0, 0.1) is 0 Å². The van der Waals surface area contributed by atoms with Crippen molar-refractivity contribution in [1.82, 2.24) is 0 Å². The third kappa shape index (κ3) is 2.37. The lowest BCUT2D eigenvalue weighted by Gasteiger charge is -2.25. The van der Waals surface area contributed by atoms with E-state index in [0.717, 1.165) is 22.6 Å². The summed E-state index contributed by atoms with van der Waals surface area (Å²) in [4.78, 5) is 0. The maximum Gasteiger partial charge on any atom is 0.167 e. The fourth-order valence-electron chi connectivity index (χ4n) is 2.00. The predicted molar refractivity (Wildman–Crippen MR) is 65.6 cm³/mol. The maximum atomic E-state index is 5.73. The van der Waals surface area contributed by atoms with Crippen LogP contribution in [0.25, 0.3) is 0 Å². The predicted octanol–water partition coefficient (Wildman–Crippen LogP) is 1.67. The minimum atomic E-state index is 0.266. The minimum absolute atomic E-state index is 0.266. The van der Waals surface area contributed by atoms with Crippen LogP contribution in [-0.4, -0.2) is 26.9 Å². The molecule has 1 aromatic carbocycles. The first-order valence-electron chi connectivity index (χ1n) is 5.88. The highest BCUT2D eigenvalue weighted by molar-refractivity contribution is 5.53. The summed E-state index contributed by atoms with van der Waals surface area (Å²) in [7, 11) is 1.67. The van der Waals surface area contributed by atoms with Gasteiger partial charge in [0.05, 0.1) is 6.61 Å². The molecule has 0 fully saturated rings. The summed E-state index contributed by atoms with van der Waals surface area (Å²) in [6, 6.07) is 4.08. The lowest BCUT2D eigenvalue weighted by molar-refractivity contribution is 0.151. The minimum Gasteiger partial charge on any atom is -0.486 e. The molecule has 1 aromatic rings. The molecule has 0 bridgehead atoms. The molecule has 2 N–H and O–H groups in total. The van der Waals surface area contributed by atoms with E-state index in [1.165, 1.54) is 0 Å². The van der Waals surface area contributed by atoms with E-state index < -0.39 is 0 Å². The standard InChI is InChI=1S/C13H19NO3/c1-9(7-14)11-4-3-10(8-15-2)12-13(11)17-6-5-16-12/h3-4,9H,5-8,14H2,1-2H3. The Kier molecular flexibility index (Phi) is 3.86. The third-order valence-corrected chi connectivity index (χ3v) is 2.98. The fourth-order valence-corrected chi connectivity index (χ4v) is 2.00. The van der Waals surface area contributed by atoms with Crippen molar-refractivity contribution in [3.63, 3.8) is 0 Å². The fraction of sp³-hybridized carbons (Fsp3) is 0.538. The molecule has 4 nitrogen and oxygen atoms in total. The van der Waals surface area contributed by atoms with Crippen LogP contribution in [0.1, 0.15) is 24.0 Å².